The van der Waals surface area contributed by atoms with Gasteiger partial charge in [0.1, 0.15) is 11.6 Å². The molecule has 0 atom stereocenters. The van der Waals surface area contributed by atoms with E-state index in [0.717, 1.165) is 6.42 Å². The predicted octanol–water partition coefficient (Wildman–Crippen LogP) is 3.18. The van der Waals surface area contributed by atoms with Crippen LogP contribution in [-0.2, 0) is 0 Å². The van der Waals surface area contributed by atoms with Crippen LogP contribution in [0.15, 0.2) is 6.07 Å². The van der Waals surface area contributed by atoms with Gasteiger partial charge in [-0.2, -0.15) is 26.9 Å². The molecule has 1 heterocycles. The van der Waals surface area contributed by atoms with E-state index in [1.807, 2.05) is 6.92 Å². The van der Waals surface area contributed by atoms with Crippen LogP contribution >= 0.6 is 0 Å². The molecule has 0 aromatic carbocycles. The minimum Gasteiger partial charge on any atom is -0.471 e. The molecule has 9 heteroatoms. The number of halogens is 5. The number of rotatable bonds is 6. The molecular formula is C11H14F5N3O. The minimum atomic E-state index is -5.65. The molecule has 1 aromatic rings. The van der Waals surface area contributed by atoms with Crippen LogP contribution in [-0.4, -0.2) is 35.2 Å². The number of nitrogens with one attached hydrogen (secondary N) is 1. The van der Waals surface area contributed by atoms with Crippen molar-refractivity contribution in [2.24, 2.45) is 0 Å². The highest BCUT2D eigenvalue weighted by Crippen LogP contribution is 2.35. The van der Waals surface area contributed by atoms with E-state index in [-0.39, 0.29) is 11.7 Å². The maximum Gasteiger partial charge on any atom is 0.456 e. The van der Waals surface area contributed by atoms with Gasteiger partial charge in [-0.05, 0) is 13.3 Å². The average molecular weight is 299 g/mol. The molecule has 4 nitrogen and oxygen atoms in total. The average Bonchev–Trinajstić information content (AvgIpc) is 2.32. The Kier molecular flexibility index (Phi) is 5.07. The van der Waals surface area contributed by atoms with Gasteiger partial charge in [0.15, 0.2) is 6.61 Å². The molecule has 0 saturated carbocycles. The van der Waals surface area contributed by atoms with Crippen LogP contribution in [0.2, 0.25) is 0 Å². The van der Waals surface area contributed by atoms with Crippen LogP contribution < -0.4 is 10.1 Å². The van der Waals surface area contributed by atoms with Crippen molar-refractivity contribution in [1.29, 1.82) is 0 Å². The van der Waals surface area contributed by atoms with Gasteiger partial charge in [-0.15, -0.1) is 0 Å². The van der Waals surface area contributed by atoms with Crippen molar-refractivity contribution >= 4 is 5.82 Å². The summed E-state index contributed by atoms with van der Waals surface area (Å²) in [5.41, 5.74) is 0. The van der Waals surface area contributed by atoms with E-state index < -0.39 is 18.7 Å². The second-order valence-corrected chi connectivity index (χ2v) is 4.06. The van der Waals surface area contributed by atoms with Gasteiger partial charge in [0.2, 0.25) is 5.88 Å². The molecule has 0 unspecified atom stereocenters. The number of hydrogen-bond acceptors (Lipinski definition) is 4. The molecule has 114 valence electrons. The first kappa shape index (κ1) is 16.4. The van der Waals surface area contributed by atoms with E-state index in [1.165, 1.54) is 13.0 Å². The molecule has 1 aromatic heterocycles. The van der Waals surface area contributed by atoms with Crippen molar-refractivity contribution in [3.8, 4) is 5.88 Å². The molecule has 1 rings (SSSR count). The van der Waals surface area contributed by atoms with Crippen molar-refractivity contribution in [3.63, 3.8) is 0 Å². The highest BCUT2D eigenvalue weighted by atomic mass is 19.4. The largest absolute Gasteiger partial charge is 0.471 e. The van der Waals surface area contributed by atoms with Crippen LogP contribution in [0.3, 0.4) is 0 Å². The van der Waals surface area contributed by atoms with Crippen LogP contribution in [0.25, 0.3) is 0 Å². The highest BCUT2D eigenvalue weighted by Gasteiger charge is 2.58. The van der Waals surface area contributed by atoms with Gasteiger partial charge in [-0.1, -0.05) is 6.92 Å². The third-order valence-electron chi connectivity index (χ3n) is 2.19. The van der Waals surface area contributed by atoms with Gasteiger partial charge < -0.3 is 10.1 Å². The zero-order valence-electron chi connectivity index (χ0n) is 10.9. The van der Waals surface area contributed by atoms with Crippen molar-refractivity contribution in [2.45, 2.75) is 32.4 Å². The minimum absolute atomic E-state index is 0.205. The Balaban J connectivity index is 2.75. The first-order valence-corrected chi connectivity index (χ1v) is 5.82. The summed E-state index contributed by atoms with van der Waals surface area (Å²) in [6, 6.07) is 1.18. The van der Waals surface area contributed by atoms with Crippen LogP contribution in [0.5, 0.6) is 5.88 Å². The summed E-state index contributed by atoms with van der Waals surface area (Å²) < 4.78 is 65.8. The number of alkyl halides is 5. The van der Waals surface area contributed by atoms with Crippen molar-refractivity contribution < 1.29 is 26.7 Å². The maximum atomic E-state index is 12.7. The maximum absolute atomic E-state index is 12.7. The lowest BCUT2D eigenvalue weighted by Gasteiger charge is -2.19. The lowest BCUT2D eigenvalue weighted by Crippen LogP contribution is -2.41. The van der Waals surface area contributed by atoms with Gasteiger partial charge in [-0.25, -0.2) is 4.98 Å². The fraction of sp³-hybridized carbons (Fsp3) is 0.636. The Morgan fingerprint density at radius 1 is 1.20 bits per heavy atom. The summed E-state index contributed by atoms with van der Waals surface area (Å²) in [7, 11) is 0. The highest BCUT2D eigenvalue weighted by molar-refractivity contribution is 5.38. The van der Waals surface area contributed by atoms with Crippen molar-refractivity contribution in [1.82, 2.24) is 9.97 Å². The van der Waals surface area contributed by atoms with Crippen molar-refractivity contribution in [2.75, 3.05) is 18.5 Å². The van der Waals surface area contributed by atoms with Gasteiger partial charge in [-0.3, -0.25) is 0 Å². The third-order valence-corrected chi connectivity index (χ3v) is 2.19. The standard InChI is InChI=1S/C11H14F5N3O/c1-3-4-17-8-5-9(19-7(2)18-8)20-6-10(12,13)11(14,15)16/h5H,3-4,6H2,1-2H3,(H,17,18,19). The molecule has 0 saturated heterocycles. The van der Waals surface area contributed by atoms with E-state index in [4.69, 9.17) is 0 Å². The smallest absolute Gasteiger partial charge is 0.456 e. The van der Waals surface area contributed by atoms with E-state index in [0.29, 0.717) is 12.4 Å². The fourth-order valence-corrected chi connectivity index (χ4v) is 1.20. The summed E-state index contributed by atoms with van der Waals surface area (Å²) >= 11 is 0. The Morgan fingerprint density at radius 2 is 1.85 bits per heavy atom. The number of ether oxygens (including phenoxy) is 1. The molecule has 1 N–H and O–H groups in total. The number of nitrogens with zero attached hydrogens (tertiary/aromatic N) is 2. The molecule has 0 aliphatic heterocycles. The molecule has 0 bridgehead atoms. The second kappa shape index (κ2) is 6.19. The zero-order valence-corrected chi connectivity index (χ0v) is 10.9. The van der Waals surface area contributed by atoms with Crippen LogP contribution in [0.4, 0.5) is 27.8 Å². The summed E-state index contributed by atoms with van der Waals surface area (Å²) in [5.74, 6) is -4.75. The number of aromatic nitrogens is 2. The molecule has 0 fully saturated rings. The number of anilines is 1. The first-order valence-electron chi connectivity index (χ1n) is 5.82. The number of aryl methyl sites for hydroxylation is 1. The molecule has 0 aliphatic rings. The lowest BCUT2D eigenvalue weighted by atomic mass is 10.3. The summed E-state index contributed by atoms with van der Waals surface area (Å²) in [5, 5.41) is 2.86. The first-order chi connectivity index (χ1) is 9.15. The van der Waals surface area contributed by atoms with Gasteiger partial charge in [0, 0.05) is 12.6 Å². The quantitative estimate of drug-likeness (QED) is 0.820. The molecule has 0 radical (unpaired) electrons. The predicted molar refractivity (Wildman–Crippen MR) is 62.0 cm³/mol. The number of hydrogen-bond donors (Lipinski definition) is 1. The van der Waals surface area contributed by atoms with E-state index in [2.05, 4.69) is 20.0 Å². The Bertz CT molecular complexity index is 450. The fourth-order valence-electron chi connectivity index (χ4n) is 1.20. The van der Waals surface area contributed by atoms with Gasteiger partial charge in [0.25, 0.3) is 0 Å². The summed E-state index contributed by atoms with van der Waals surface area (Å²) in [6.07, 6.45) is -4.86. The molecule has 20 heavy (non-hydrogen) atoms. The van der Waals surface area contributed by atoms with Crippen LogP contribution in [0.1, 0.15) is 19.2 Å². The Labute approximate surface area is 112 Å². The third kappa shape index (κ3) is 4.46. The van der Waals surface area contributed by atoms with E-state index >= 15 is 0 Å². The van der Waals surface area contributed by atoms with Crippen LogP contribution in [0, 0.1) is 6.92 Å². The normalized spacial score (nSPS) is 12.3. The van der Waals surface area contributed by atoms with Crippen molar-refractivity contribution in [3.05, 3.63) is 11.9 Å². The van der Waals surface area contributed by atoms with E-state index in [9.17, 15) is 22.0 Å². The molecule has 0 spiro atoms. The van der Waals surface area contributed by atoms with E-state index in [1.54, 1.807) is 0 Å². The SMILES string of the molecule is CCCNc1cc(OCC(F)(F)C(F)(F)F)nc(C)n1. The topological polar surface area (TPSA) is 47.0 Å². The Hall–Kier alpha value is -1.67. The molecule has 0 aliphatic carbocycles. The molecule has 0 amide bonds. The second-order valence-electron chi connectivity index (χ2n) is 4.06. The van der Waals surface area contributed by atoms with Gasteiger partial charge >= 0.3 is 12.1 Å². The molecular weight excluding hydrogens is 285 g/mol. The lowest BCUT2D eigenvalue weighted by molar-refractivity contribution is -0.290. The summed E-state index contributed by atoms with van der Waals surface area (Å²) in [4.78, 5) is 7.61. The zero-order chi connectivity index (χ0) is 15.4. The summed E-state index contributed by atoms with van der Waals surface area (Å²) in [6.45, 7) is 2.14. The monoisotopic (exact) mass is 299 g/mol. The Morgan fingerprint density at radius 3 is 2.40 bits per heavy atom. The van der Waals surface area contributed by atoms with Gasteiger partial charge in [0.05, 0.1) is 0 Å².